The van der Waals surface area contributed by atoms with Gasteiger partial charge in [-0.15, -0.1) is 11.3 Å². The number of nitrogens with two attached hydrogens (primary N) is 1. The van der Waals surface area contributed by atoms with Crippen LogP contribution in [0.2, 0.25) is 0 Å². The third-order valence-electron chi connectivity index (χ3n) is 3.19. The minimum atomic E-state index is -0.633. The fourth-order valence-electron chi connectivity index (χ4n) is 1.96. The molecule has 2 aromatic rings. The number of anilines is 1. The Morgan fingerprint density at radius 3 is 2.60 bits per heavy atom. The highest BCUT2D eigenvalue weighted by Crippen LogP contribution is 2.28. The minimum Gasteiger partial charge on any atom is -0.377 e. The van der Waals surface area contributed by atoms with E-state index in [4.69, 9.17) is 5.73 Å². The molecule has 0 fully saturated rings. The molecule has 5 heteroatoms. The molecule has 20 heavy (non-hydrogen) atoms. The number of benzene rings is 1. The highest BCUT2D eigenvalue weighted by molar-refractivity contribution is 7.12. The number of rotatable bonds is 4. The molecule has 0 radical (unpaired) electrons. The Balaban J connectivity index is 2.30. The van der Waals surface area contributed by atoms with E-state index in [0.717, 1.165) is 4.88 Å². The zero-order valence-electron chi connectivity index (χ0n) is 11.7. The molecule has 3 nitrogen and oxygen atoms in total. The van der Waals surface area contributed by atoms with Crippen molar-refractivity contribution in [1.82, 2.24) is 0 Å². The summed E-state index contributed by atoms with van der Waals surface area (Å²) in [7, 11) is 0. The van der Waals surface area contributed by atoms with Gasteiger partial charge in [-0.25, -0.2) is 4.39 Å². The van der Waals surface area contributed by atoms with E-state index in [0.29, 0.717) is 11.3 Å². The summed E-state index contributed by atoms with van der Waals surface area (Å²) in [5.74, 6) is -1.06. The van der Waals surface area contributed by atoms with Gasteiger partial charge in [0.2, 0.25) is 5.91 Å². The van der Waals surface area contributed by atoms with E-state index in [1.807, 2.05) is 26.0 Å². The monoisotopic (exact) mass is 292 g/mol. The number of halogens is 1. The van der Waals surface area contributed by atoms with Crippen molar-refractivity contribution < 1.29 is 9.18 Å². The van der Waals surface area contributed by atoms with Crippen LogP contribution in [0.1, 0.15) is 38.6 Å². The predicted molar refractivity (Wildman–Crippen MR) is 80.7 cm³/mol. The van der Waals surface area contributed by atoms with Crippen LogP contribution in [0.4, 0.5) is 10.1 Å². The Hall–Kier alpha value is -1.88. The van der Waals surface area contributed by atoms with Crippen molar-refractivity contribution in [2.75, 3.05) is 5.32 Å². The van der Waals surface area contributed by atoms with E-state index in [9.17, 15) is 9.18 Å². The van der Waals surface area contributed by atoms with E-state index in [2.05, 4.69) is 5.32 Å². The molecular formula is C15H17FN2OS. The molecule has 1 atom stereocenters. The van der Waals surface area contributed by atoms with Crippen LogP contribution in [0.15, 0.2) is 24.3 Å². The molecule has 0 aliphatic heterocycles. The zero-order chi connectivity index (χ0) is 14.9. The highest BCUT2D eigenvalue weighted by Gasteiger charge is 2.14. The Bertz CT molecular complexity index is 651. The van der Waals surface area contributed by atoms with Gasteiger partial charge < -0.3 is 11.1 Å². The summed E-state index contributed by atoms with van der Waals surface area (Å²) in [4.78, 5) is 13.6. The fraction of sp³-hybridized carbons (Fsp3) is 0.267. The van der Waals surface area contributed by atoms with Crippen LogP contribution in [0.25, 0.3) is 0 Å². The molecule has 1 heterocycles. The van der Waals surface area contributed by atoms with E-state index in [-0.39, 0.29) is 11.6 Å². The van der Waals surface area contributed by atoms with Crippen LogP contribution in [-0.2, 0) is 0 Å². The number of thiophene rings is 1. The molecule has 0 spiro atoms. The number of carbonyl (C=O) groups excluding carboxylic acids is 1. The molecule has 1 amide bonds. The number of hydrogen-bond donors (Lipinski definition) is 2. The number of hydrogen-bond acceptors (Lipinski definition) is 3. The molecule has 2 rings (SSSR count). The minimum absolute atomic E-state index is 0.0370. The molecule has 0 aliphatic carbocycles. The van der Waals surface area contributed by atoms with Gasteiger partial charge in [0, 0.05) is 26.6 Å². The maximum absolute atomic E-state index is 13.8. The first-order valence-electron chi connectivity index (χ1n) is 6.31. The van der Waals surface area contributed by atoms with Gasteiger partial charge in [-0.05, 0) is 45.0 Å². The number of carbonyl (C=O) groups is 1. The average molecular weight is 292 g/mol. The second-order valence-corrected chi connectivity index (χ2v) is 6.13. The Morgan fingerprint density at radius 1 is 1.35 bits per heavy atom. The third kappa shape index (κ3) is 2.99. The average Bonchev–Trinajstić information content (AvgIpc) is 2.81. The van der Waals surface area contributed by atoms with Crippen molar-refractivity contribution in [3.05, 3.63) is 51.0 Å². The van der Waals surface area contributed by atoms with E-state index < -0.39 is 11.7 Å². The molecule has 1 aromatic heterocycles. The predicted octanol–water partition coefficient (Wildman–Crippen LogP) is 3.78. The van der Waals surface area contributed by atoms with E-state index >= 15 is 0 Å². The zero-order valence-corrected chi connectivity index (χ0v) is 12.5. The first-order valence-corrected chi connectivity index (χ1v) is 7.13. The van der Waals surface area contributed by atoms with E-state index in [1.165, 1.54) is 10.9 Å². The topological polar surface area (TPSA) is 55.1 Å². The van der Waals surface area contributed by atoms with Crippen LogP contribution in [-0.4, -0.2) is 5.91 Å². The number of nitrogens with one attached hydrogen (secondary N) is 1. The van der Waals surface area contributed by atoms with Gasteiger partial charge >= 0.3 is 0 Å². The third-order valence-corrected chi connectivity index (χ3v) is 4.37. The maximum atomic E-state index is 13.8. The number of aryl methyl sites for hydroxylation is 1. The maximum Gasteiger partial charge on any atom is 0.248 e. The van der Waals surface area contributed by atoms with Gasteiger partial charge in [0.15, 0.2) is 0 Å². The standard InChI is InChI=1S/C15H17FN2OS/c1-8-4-5-14(20-8)10(3)18-13-7-11(15(17)19)6-12(16)9(13)2/h4-7,10,18H,1-3H3,(H2,17,19). The normalized spacial score (nSPS) is 12.2. The van der Waals surface area contributed by atoms with Gasteiger partial charge in [-0.3, -0.25) is 4.79 Å². The van der Waals surface area contributed by atoms with Gasteiger partial charge in [0.25, 0.3) is 0 Å². The van der Waals surface area contributed by atoms with Gasteiger partial charge in [0.1, 0.15) is 5.82 Å². The molecule has 0 aliphatic rings. The molecule has 1 unspecified atom stereocenters. The van der Waals surface area contributed by atoms with Crippen LogP contribution in [0, 0.1) is 19.7 Å². The largest absolute Gasteiger partial charge is 0.377 e. The molecule has 0 saturated carbocycles. The van der Waals surface area contributed by atoms with Crippen molar-refractivity contribution >= 4 is 22.9 Å². The lowest BCUT2D eigenvalue weighted by atomic mass is 10.1. The summed E-state index contributed by atoms with van der Waals surface area (Å²) in [6.07, 6.45) is 0. The number of amides is 1. The molecule has 0 saturated heterocycles. The summed E-state index contributed by atoms with van der Waals surface area (Å²) in [6.45, 7) is 5.72. The first-order chi connectivity index (χ1) is 9.38. The van der Waals surface area contributed by atoms with Gasteiger partial charge in [-0.1, -0.05) is 0 Å². The Morgan fingerprint density at radius 2 is 2.05 bits per heavy atom. The quantitative estimate of drug-likeness (QED) is 0.901. The lowest BCUT2D eigenvalue weighted by Crippen LogP contribution is -2.14. The van der Waals surface area contributed by atoms with Crippen LogP contribution >= 0.6 is 11.3 Å². The van der Waals surface area contributed by atoms with Gasteiger partial charge in [0.05, 0.1) is 6.04 Å². The van der Waals surface area contributed by atoms with Crippen molar-refractivity contribution in [2.24, 2.45) is 5.73 Å². The summed E-state index contributed by atoms with van der Waals surface area (Å²) < 4.78 is 13.8. The smallest absolute Gasteiger partial charge is 0.248 e. The second kappa shape index (κ2) is 5.63. The lowest BCUT2D eigenvalue weighted by Gasteiger charge is -2.17. The fourth-order valence-corrected chi connectivity index (χ4v) is 2.84. The molecule has 1 aromatic carbocycles. The highest BCUT2D eigenvalue weighted by atomic mass is 32.1. The van der Waals surface area contributed by atoms with Crippen LogP contribution in [0.5, 0.6) is 0 Å². The lowest BCUT2D eigenvalue weighted by molar-refractivity contribution is 0.1000. The van der Waals surface area contributed by atoms with Crippen LogP contribution < -0.4 is 11.1 Å². The van der Waals surface area contributed by atoms with Gasteiger partial charge in [-0.2, -0.15) is 0 Å². The molecule has 3 N–H and O–H groups in total. The Kier molecular flexibility index (Phi) is 4.09. The second-order valence-electron chi connectivity index (χ2n) is 4.81. The van der Waals surface area contributed by atoms with Crippen molar-refractivity contribution in [2.45, 2.75) is 26.8 Å². The summed E-state index contributed by atoms with van der Waals surface area (Å²) in [6, 6.07) is 6.89. The molecule has 106 valence electrons. The summed E-state index contributed by atoms with van der Waals surface area (Å²) >= 11 is 1.69. The van der Waals surface area contributed by atoms with Crippen LogP contribution in [0.3, 0.4) is 0 Å². The Labute approximate surface area is 121 Å². The first kappa shape index (κ1) is 14.5. The summed E-state index contributed by atoms with van der Waals surface area (Å²) in [5.41, 5.74) is 6.46. The van der Waals surface area contributed by atoms with Crippen molar-refractivity contribution in [3.8, 4) is 0 Å². The summed E-state index contributed by atoms with van der Waals surface area (Å²) in [5, 5.41) is 3.24. The SMILES string of the molecule is Cc1ccc(C(C)Nc2cc(C(N)=O)cc(F)c2C)s1. The molecular weight excluding hydrogens is 275 g/mol. The van der Waals surface area contributed by atoms with Crippen molar-refractivity contribution in [1.29, 1.82) is 0 Å². The molecule has 0 bridgehead atoms. The van der Waals surface area contributed by atoms with Crippen molar-refractivity contribution in [3.63, 3.8) is 0 Å². The van der Waals surface area contributed by atoms with E-state index in [1.54, 1.807) is 24.3 Å². The number of primary amides is 1.